The smallest absolute Gasteiger partial charge is 0.326 e. The van der Waals surface area contributed by atoms with Crippen LogP contribution in [0, 0.1) is 17.0 Å². The van der Waals surface area contributed by atoms with E-state index in [1.165, 1.54) is 37.3 Å². The summed E-state index contributed by atoms with van der Waals surface area (Å²) in [6.07, 6.45) is 0.00925. The van der Waals surface area contributed by atoms with Crippen LogP contribution < -0.4 is 5.32 Å². The van der Waals surface area contributed by atoms with Crippen LogP contribution in [-0.4, -0.2) is 33.1 Å². The van der Waals surface area contributed by atoms with E-state index in [4.69, 9.17) is 0 Å². The second kappa shape index (κ2) is 7.43. The Kier molecular flexibility index (Phi) is 5.33. The molecular formula is C17H16N2O6. The molecule has 0 aliphatic rings. The van der Waals surface area contributed by atoms with E-state index in [2.05, 4.69) is 5.32 Å². The predicted octanol–water partition coefficient (Wildman–Crippen LogP) is 2.03. The van der Waals surface area contributed by atoms with Gasteiger partial charge >= 0.3 is 5.97 Å². The van der Waals surface area contributed by atoms with Crippen LogP contribution in [0.2, 0.25) is 0 Å². The van der Waals surface area contributed by atoms with Gasteiger partial charge in [-0.05, 0) is 30.7 Å². The fourth-order valence-corrected chi connectivity index (χ4v) is 2.37. The van der Waals surface area contributed by atoms with Crippen molar-refractivity contribution in [1.29, 1.82) is 0 Å². The fraction of sp³-hybridized carbons (Fsp3) is 0.176. The van der Waals surface area contributed by atoms with Crippen LogP contribution in [0.15, 0.2) is 42.5 Å². The molecule has 8 nitrogen and oxygen atoms in total. The molecule has 0 aliphatic heterocycles. The van der Waals surface area contributed by atoms with Gasteiger partial charge in [-0.15, -0.1) is 0 Å². The number of aromatic hydroxyl groups is 1. The van der Waals surface area contributed by atoms with E-state index >= 15 is 0 Å². The lowest BCUT2D eigenvalue weighted by atomic mass is 10.0. The highest BCUT2D eigenvalue weighted by Gasteiger charge is 2.24. The lowest BCUT2D eigenvalue weighted by Crippen LogP contribution is -2.42. The van der Waals surface area contributed by atoms with Crippen LogP contribution >= 0.6 is 0 Å². The highest BCUT2D eigenvalue weighted by Crippen LogP contribution is 2.21. The first kappa shape index (κ1) is 17.9. The summed E-state index contributed by atoms with van der Waals surface area (Å²) in [5.74, 6) is -1.89. The quantitative estimate of drug-likeness (QED) is 0.543. The molecule has 0 spiro atoms. The number of nitro benzene ring substituents is 1. The summed E-state index contributed by atoms with van der Waals surface area (Å²) in [5, 5.41) is 31.9. The highest BCUT2D eigenvalue weighted by molar-refractivity contribution is 5.98. The van der Waals surface area contributed by atoms with Crippen LogP contribution in [0.1, 0.15) is 21.5 Å². The normalized spacial score (nSPS) is 11.6. The Labute approximate surface area is 142 Å². The molecule has 0 heterocycles. The van der Waals surface area contributed by atoms with Gasteiger partial charge < -0.3 is 15.5 Å². The fourth-order valence-electron chi connectivity index (χ4n) is 2.37. The number of phenolic OH excluding ortho intramolecular Hbond substituents is 1. The minimum atomic E-state index is -1.23. The number of amides is 1. The minimum Gasteiger partial charge on any atom is -0.508 e. The van der Waals surface area contributed by atoms with Gasteiger partial charge in [-0.2, -0.15) is 0 Å². The number of nitro groups is 1. The average molecular weight is 344 g/mol. The molecule has 3 N–H and O–H groups in total. The Morgan fingerprint density at radius 1 is 1.20 bits per heavy atom. The molecule has 0 radical (unpaired) electrons. The molecule has 25 heavy (non-hydrogen) atoms. The number of phenols is 1. The first-order valence-corrected chi connectivity index (χ1v) is 7.35. The van der Waals surface area contributed by atoms with Gasteiger partial charge in [0.1, 0.15) is 11.8 Å². The SMILES string of the molecule is Cc1c(C(=O)NC(Cc2ccc(O)cc2)C(=O)O)cccc1[N+](=O)[O-]. The number of hydrogen-bond donors (Lipinski definition) is 3. The van der Waals surface area contributed by atoms with Crippen molar-refractivity contribution in [3.63, 3.8) is 0 Å². The third-order valence-corrected chi connectivity index (χ3v) is 3.73. The largest absolute Gasteiger partial charge is 0.508 e. The Hall–Kier alpha value is -3.42. The molecule has 2 aromatic rings. The van der Waals surface area contributed by atoms with Crippen LogP contribution in [0.25, 0.3) is 0 Å². The van der Waals surface area contributed by atoms with E-state index < -0.39 is 22.8 Å². The third-order valence-electron chi connectivity index (χ3n) is 3.73. The molecule has 0 fully saturated rings. The second-order valence-corrected chi connectivity index (χ2v) is 5.44. The first-order chi connectivity index (χ1) is 11.8. The maximum absolute atomic E-state index is 12.4. The number of carbonyl (C=O) groups is 2. The number of nitrogens with zero attached hydrogens (tertiary/aromatic N) is 1. The highest BCUT2D eigenvalue weighted by atomic mass is 16.6. The summed E-state index contributed by atoms with van der Waals surface area (Å²) in [6, 6.07) is 8.77. The molecule has 0 aromatic heterocycles. The van der Waals surface area contributed by atoms with Crippen LogP contribution in [0.3, 0.4) is 0 Å². The van der Waals surface area contributed by atoms with Crippen molar-refractivity contribution in [2.45, 2.75) is 19.4 Å². The van der Waals surface area contributed by atoms with Gasteiger partial charge in [-0.25, -0.2) is 4.79 Å². The molecule has 8 heteroatoms. The Bertz CT molecular complexity index is 816. The topological polar surface area (TPSA) is 130 Å². The number of hydrogen-bond acceptors (Lipinski definition) is 5. The number of nitrogens with one attached hydrogen (secondary N) is 1. The van der Waals surface area contributed by atoms with Gasteiger partial charge in [0.25, 0.3) is 11.6 Å². The first-order valence-electron chi connectivity index (χ1n) is 7.35. The molecule has 0 saturated carbocycles. The number of rotatable bonds is 6. The Morgan fingerprint density at radius 2 is 1.84 bits per heavy atom. The number of carbonyl (C=O) groups excluding carboxylic acids is 1. The molecule has 0 bridgehead atoms. The zero-order valence-electron chi connectivity index (χ0n) is 13.3. The van der Waals surface area contributed by atoms with Gasteiger partial charge in [0.2, 0.25) is 0 Å². The van der Waals surface area contributed by atoms with E-state index in [-0.39, 0.29) is 29.0 Å². The standard InChI is InChI=1S/C17H16N2O6/c1-10-13(3-2-4-15(10)19(24)25)16(21)18-14(17(22)23)9-11-5-7-12(20)8-6-11/h2-8,14,20H,9H2,1H3,(H,18,21)(H,22,23). The van der Waals surface area contributed by atoms with E-state index in [9.17, 15) is 29.9 Å². The Morgan fingerprint density at radius 3 is 2.40 bits per heavy atom. The van der Waals surface area contributed by atoms with E-state index in [1.54, 1.807) is 12.1 Å². The van der Waals surface area contributed by atoms with Crippen molar-refractivity contribution in [1.82, 2.24) is 5.32 Å². The molecule has 1 amide bonds. The van der Waals surface area contributed by atoms with Gasteiger partial charge in [0, 0.05) is 23.6 Å². The van der Waals surface area contributed by atoms with Gasteiger partial charge in [-0.1, -0.05) is 18.2 Å². The van der Waals surface area contributed by atoms with Crippen molar-refractivity contribution < 1.29 is 24.7 Å². The van der Waals surface area contributed by atoms with E-state index in [0.29, 0.717) is 5.56 Å². The lowest BCUT2D eigenvalue weighted by Gasteiger charge is -2.15. The number of benzene rings is 2. The molecular weight excluding hydrogens is 328 g/mol. The number of carboxylic acid groups (broad SMARTS) is 1. The van der Waals surface area contributed by atoms with Crippen molar-refractivity contribution >= 4 is 17.6 Å². The molecule has 1 atom stereocenters. The summed E-state index contributed by atoms with van der Waals surface area (Å²) in [6.45, 7) is 1.43. The van der Waals surface area contributed by atoms with Gasteiger partial charge in [0.15, 0.2) is 0 Å². The third kappa shape index (κ3) is 4.31. The molecule has 0 aliphatic carbocycles. The predicted molar refractivity (Wildman–Crippen MR) is 88.5 cm³/mol. The van der Waals surface area contributed by atoms with Gasteiger partial charge in [0.05, 0.1) is 4.92 Å². The zero-order valence-corrected chi connectivity index (χ0v) is 13.3. The summed E-state index contributed by atoms with van der Waals surface area (Å²) >= 11 is 0. The maximum Gasteiger partial charge on any atom is 0.326 e. The summed E-state index contributed by atoms with van der Waals surface area (Å²) in [5.41, 5.74) is 0.615. The number of carboxylic acids is 1. The monoisotopic (exact) mass is 344 g/mol. The van der Waals surface area contributed by atoms with Crippen LogP contribution in [0.5, 0.6) is 5.75 Å². The second-order valence-electron chi connectivity index (χ2n) is 5.44. The average Bonchev–Trinajstić information content (AvgIpc) is 2.55. The van der Waals surface area contributed by atoms with Crippen LogP contribution in [0.4, 0.5) is 5.69 Å². The van der Waals surface area contributed by atoms with E-state index in [0.717, 1.165) is 0 Å². The number of aliphatic carboxylic acids is 1. The minimum absolute atomic E-state index is 0.00925. The summed E-state index contributed by atoms with van der Waals surface area (Å²) in [7, 11) is 0. The van der Waals surface area contributed by atoms with E-state index in [1.807, 2.05) is 0 Å². The summed E-state index contributed by atoms with van der Waals surface area (Å²) in [4.78, 5) is 34.1. The van der Waals surface area contributed by atoms with Crippen molar-refractivity contribution in [3.05, 3.63) is 69.3 Å². The molecule has 0 saturated heterocycles. The van der Waals surface area contributed by atoms with Crippen molar-refractivity contribution in [2.24, 2.45) is 0 Å². The molecule has 2 aromatic carbocycles. The molecule has 1 unspecified atom stereocenters. The maximum atomic E-state index is 12.4. The van der Waals surface area contributed by atoms with Gasteiger partial charge in [-0.3, -0.25) is 14.9 Å². The van der Waals surface area contributed by atoms with Crippen LogP contribution in [-0.2, 0) is 11.2 Å². The summed E-state index contributed by atoms with van der Waals surface area (Å²) < 4.78 is 0. The Balaban J connectivity index is 2.21. The van der Waals surface area contributed by atoms with Crippen molar-refractivity contribution in [2.75, 3.05) is 0 Å². The lowest BCUT2D eigenvalue weighted by molar-refractivity contribution is -0.385. The zero-order chi connectivity index (χ0) is 18.6. The molecule has 2 rings (SSSR count). The van der Waals surface area contributed by atoms with Crippen molar-refractivity contribution in [3.8, 4) is 5.75 Å². The molecule has 130 valence electrons.